The van der Waals surface area contributed by atoms with Crippen LogP contribution in [-0.4, -0.2) is 16.1 Å². The van der Waals surface area contributed by atoms with E-state index in [1.54, 1.807) is 0 Å². The van der Waals surface area contributed by atoms with E-state index in [1.807, 2.05) is 13.8 Å². The predicted octanol–water partition coefficient (Wildman–Crippen LogP) is 2.41. The zero-order valence-corrected chi connectivity index (χ0v) is 8.67. The van der Waals surface area contributed by atoms with Crippen LogP contribution in [-0.2, 0) is 6.18 Å². The minimum absolute atomic E-state index is 0.446. The number of pyridine rings is 1. The number of carboxylic acids is 1. The van der Waals surface area contributed by atoms with E-state index < -0.39 is 29.1 Å². The van der Waals surface area contributed by atoms with Crippen LogP contribution in [0.15, 0.2) is 12.3 Å². The summed E-state index contributed by atoms with van der Waals surface area (Å²) in [6, 6.07) is 0.490. The number of aromatic nitrogens is 1. The summed E-state index contributed by atoms with van der Waals surface area (Å²) in [7, 11) is 0. The molecule has 1 heterocycles. The summed E-state index contributed by atoms with van der Waals surface area (Å²) in [6.45, 7) is 4.00. The van der Waals surface area contributed by atoms with Crippen LogP contribution in [0.4, 0.5) is 18.9 Å². The number of nitrogen functional groups attached to an aromatic ring is 1. The quantitative estimate of drug-likeness (QED) is 0.784. The predicted molar refractivity (Wildman–Crippen MR) is 52.0 cm³/mol. The molecule has 4 nitrogen and oxygen atoms in total. The van der Waals surface area contributed by atoms with E-state index in [1.165, 1.54) is 0 Å². The molecular weight excluding hydrogens is 225 g/mol. The van der Waals surface area contributed by atoms with Gasteiger partial charge in [0.25, 0.3) is 0 Å². The average Bonchev–Trinajstić information content (AvgIpc) is 2.18. The Morgan fingerprint density at radius 3 is 2.25 bits per heavy atom. The van der Waals surface area contributed by atoms with Crippen LogP contribution in [0.1, 0.15) is 29.9 Å². The van der Waals surface area contributed by atoms with E-state index >= 15 is 0 Å². The Morgan fingerprint density at radius 1 is 1.44 bits per heavy atom. The molecule has 3 N–H and O–H groups in total. The van der Waals surface area contributed by atoms with Crippen LogP contribution in [0.5, 0.6) is 0 Å². The molecule has 0 bridgehead atoms. The second-order valence-electron chi connectivity index (χ2n) is 2.46. The minimum Gasteiger partial charge on any atom is -0.478 e. The number of alkyl halides is 3. The van der Waals surface area contributed by atoms with Crippen molar-refractivity contribution in [1.29, 1.82) is 0 Å². The van der Waals surface area contributed by atoms with Crippen LogP contribution in [0.2, 0.25) is 0 Å². The van der Waals surface area contributed by atoms with Gasteiger partial charge in [0.15, 0.2) is 0 Å². The number of nitrogens with zero attached hydrogens (tertiary/aromatic N) is 1. The highest BCUT2D eigenvalue weighted by atomic mass is 19.4. The van der Waals surface area contributed by atoms with Crippen molar-refractivity contribution in [2.45, 2.75) is 20.0 Å². The maximum absolute atomic E-state index is 12.0. The largest absolute Gasteiger partial charge is 0.478 e. The Balaban J connectivity index is 0.00000106. The van der Waals surface area contributed by atoms with Crippen LogP contribution in [0.3, 0.4) is 0 Å². The van der Waals surface area contributed by atoms with Crippen molar-refractivity contribution in [2.75, 3.05) is 5.73 Å². The summed E-state index contributed by atoms with van der Waals surface area (Å²) in [5, 5.41) is 8.46. The molecule has 0 radical (unpaired) electrons. The summed E-state index contributed by atoms with van der Waals surface area (Å²) in [6.07, 6.45) is -4.04. The molecule has 0 aliphatic rings. The molecule has 0 aromatic carbocycles. The number of rotatable bonds is 1. The first-order chi connectivity index (χ1) is 7.32. The first-order valence-electron chi connectivity index (χ1n) is 4.38. The van der Waals surface area contributed by atoms with Gasteiger partial charge in [-0.2, -0.15) is 13.2 Å². The van der Waals surface area contributed by atoms with Gasteiger partial charge in [-0.05, 0) is 6.07 Å². The highest BCUT2D eigenvalue weighted by molar-refractivity contribution is 5.93. The molecule has 0 fully saturated rings. The molecule has 90 valence electrons. The second-order valence-corrected chi connectivity index (χ2v) is 2.46. The summed E-state index contributed by atoms with van der Waals surface area (Å²) < 4.78 is 36.1. The topological polar surface area (TPSA) is 76.2 Å². The number of nitrogens with two attached hydrogens (primary N) is 1. The number of aromatic carboxylic acids is 1. The van der Waals surface area contributed by atoms with Gasteiger partial charge in [0.2, 0.25) is 0 Å². The molecule has 7 heteroatoms. The molecule has 0 atom stereocenters. The third-order valence-corrected chi connectivity index (χ3v) is 1.46. The zero-order valence-electron chi connectivity index (χ0n) is 8.67. The Hall–Kier alpha value is -1.79. The first kappa shape index (κ1) is 14.2. The molecule has 0 saturated carbocycles. The summed E-state index contributed by atoms with van der Waals surface area (Å²) >= 11 is 0. The Kier molecular flexibility index (Phi) is 4.74. The molecule has 0 amide bonds. The van der Waals surface area contributed by atoms with Crippen molar-refractivity contribution in [2.24, 2.45) is 0 Å². The van der Waals surface area contributed by atoms with Gasteiger partial charge in [-0.1, -0.05) is 13.8 Å². The normalized spacial score (nSPS) is 10.3. The van der Waals surface area contributed by atoms with Gasteiger partial charge in [0.1, 0.15) is 11.3 Å². The minimum atomic E-state index is -4.62. The maximum atomic E-state index is 12.0. The van der Waals surface area contributed by atoms with E-state index in [9.17, 15) is 18.0 Å². The number of hydrogen-bond acceptors (Lipinski definition) is 3. The van der Waals surface area contributed by atoms with Gasteiger partial charge in [-0.15, -0.1) is 0 Å². The lowest BCUT2D eigenvalue weighted by Crippen LogP contribution is -2.11. The molecule has 1 aromatic rings. The van der Waals surface area contributed by atoms with Gasteiger partial charge in [-0.25, -0.2) is 4.79 Å². The van der Waals surface area contributed by atoms with Crippen molar-refractivity contribution >= 4 is 11.7 Å². The van der Waals surface area contributed by atoms with Crippen LogP contribution in [0.25, 0.3) is 0 Å². The fraction of sp³-hybridized carbons (Fsp3) is 0.333. The van der Waals surface area contributed by atoms with Gasteiger partial charge < -0.3 is 10.8 Å². The fourth-order valence-corrected chi connectivity index (χ4v) is 0.805. The lowest BCUT2D eigenvalue weighted by molar-refractivity contribution is -0.141. The second kappa shape index (κ2) is 5.34. The van der Waals surface area contributed by atoms with Gasteiger partial charge in [-0.3, -0.25) is 4.98 Å². The summed E-state index contributed by atoms with van der Waals surface area (Å²) in [4.78, 5) is 13.3. The molecule has 0 aliphatic heterocycles. The highest BCUT2D eigenvalue weighted by Crippen LogP contribution is 2.29. The van der Waals surface area contributed by atoms with E-state index in [2.05, 4.69) is 4.98 Å². The first-order valence-corrected chi connectivity index (χ1v) is 4.38. The van der Waals surface area contributed by atoms with Gasteiger partial charge in [0.05, 0.1) is 0 Å². The third kappa shape index (κ3) is 3.41. The monoisotopic (exact) mass is 236 g/mol. The lowest BCUT2D eigenvalue weighted by atomic mass is 10.2. The van der Waals surface area contributed by atoms with Crippen LogP contribution >= 0.6 is 0 Å². The number of halogens is 3. The zero-order chi connectivity index (χ0) is 12.9. The van der Waals surface area contributed by atoms with E-state index in [-0.39, 0.29) is 0 Å². The molecular formula is C9H11F3N2O2. The SMILES string of the molecule is CC.Nc1cc(C(F)(F)F)ncc1C(=O)O. The Labute approximate surface area is 89.9 Å². The fourth-order valence-electron chi connectivity index (χ4n) is 0.805. The summed E-state index contributed by atoms with van der Waals surface area (Å²) in [5.41, 5.74) is 2.99. The molecule has 1 rings (SSSR count). The maximum Gasteiger partial charge on any atom is 0.433 e. The molecule has 0 saturated heterocycles. The van der Waals surface area contributed by atoms with Gasteiger partial charge >= 0.3 is 12.1 Å². The van der Waals surface area contributed by atoms with Crippen LogP contribution in [0, 0.1) is 0 Å². The third-order valence-electron chi connectivity index (χ3n) is 1.46. The standard InChI is InChI=1S/C7H5F3N2O2.C2H6/c8-7(9,10)5-1-4(11)3(2-12-5)6(13)14;1-2/h1-2H,(H2,11,12)(H,13,14);1-2H3. The van der Waals surface area contributed by atoms with E-state index in [0.29, 0.717) is 12.3 Å². The molecule has 1 aromatic heterocycles. The van der Waals surface area contributed by atoms with Crippen LogP contribution < -0.4 is 5.73 Å². The van der Waals surface area contributed by atoms with E-state index in [0.717, 1.165) is 0 Å². The summed E-state index contributed by atoms with van der Waals surface area (Å²) in [5.74, 6) is -1.41. The van der Waals surface area contributed by atoms with Crippen molar-refractivity contribution in [1.82, 2.24) is 4.98 Å². The van der Waals surface area contributed by atoms with Crippen molar-refractivity contribution in [3.63, 3.8) is 0 Å². The molecule has 0 unspecified atom stereocenters. The lowest BCUT2D eigenvalue weighted by Gasteiger charge is -2.07. The highest BCUT2D eigenvalue weighted by Gasteiger charge is 2.33. The number of hydrogen-bond donors (Lipinski definition) is 2. The number of carboxylic acid groups (broad SMARTS) is 1. The Morgan fingerprint density at radius 2 is 1.94 bits per heavy atom. The van der Waals surface area contributed by atoms with E-state index in [4.69, 9.17) is 10.8 Å². The molecule has 0 aliphatic carbocycles. The Bertz CT molecular complexity index is 378. The van der Waals surface area contributed by atoms with Gasteiger partial charge in [0, 0.05) is 11.9 Å². The van der Waals surface area contributed by atoms with Crippen molar-refractivity contribution in [3.8, 4) is 0 Å². The number of anilines is 1. The average molecular weight is 236 g/mol. The number of carbonyl (C=O) groups is 1. The molecule has 16 heavy (non-hydrogen) atoms. The van der Waals surface area contributed by atoms with Crippen molar-refractivity contribution < 1.29 is 23.1 Å². The smallest absolute Gasteiger partial charge is 0.433 e. The van der Waals surface area contributed by atoms with Crippen molar-refractivity contribution in [3.05, 3.63) is 23.5 Å². The molecule has 0 spiro atoms.